The predicted octanol–water partition coefficient (Wildman–Crippen LogP) is 5.92. The Morgan fingerprint density at radius 2 is 1.81 bits per heavy atom. The normalized spacial score (nSPS) is 12.3. The maximum Gasteiger partial charge on any atom is 0.130 e. The zero-order valence-electron chi connectivity index (χ0n) is 11.6. The van der Waals surface area contributed by atoms with Gasteiger partial charge in [-0.15, -0.1) is 0 Å². The van der Waals surface area contributed by atoms with E-state index in [9.17, 15) is 8.78 Å². The number of hydrogen-bond acceptors (Lipinski definition) is 1. The molecule has 5 heteroatoms. The number of rotatable bonds is 4. The molecule has 0 N–H and O–H groups in total. The lowest BCUT2D eigenvalue weighted by molar-refractivity contribution is 0.337. The van der Waals surface area contributed by atoms with Crippen LogP contribution in [0.2, 0.25) is 0 Å². The van der Waals surface area contributed by atoms with Crippen molar-refractivity contribution in [1.82, 2.24) is 0 Å². The summed E-state index contributed by atoms with van der Waals surface area (Å²) >= 11 is 6.90. The molecule has 1 atom stereocenters. The van der Waals surface area contributed by atoms with Crippen molar-refractivity contribution in [3.05, 3.63) is 63.1 Å². The molecule has 0 bridgehead atoms. The van der Waals surface area contributed by atoms with E-state index in [1.807, 2.05) is 25.1 Å². The van der Waals surface area contributed by atoms with Gasteiger partial charge in [0.1, 0.15) is 17.4 Å². The molecule has 2 rings (SSSR count). The highest BCUT2D eigenvalue weighted by molar-refractivity contribution is 9.10. The maximum absolute atomic E-state index is 14.1. The predicted molar refractivity (Wildman–Crippen MR) is 87.2 cm³/mol. The second kappa shape index (κ2) is 6.88. The number of halogens is 4. The number of ether oxygens (including phenoxy) is 1. The van der Waals surface area contributed by atoms with Crippen molar-refractivity contribution in [2.45, 2.75) is 18.7 Å². The van der Waals surface area contributed by atoms with Gasteiger partial charge < -0.3 is 4.74 Å². The van der Waals surface area contributed by atoms with E-state index in [0.717, 1.165) is 16.1 Å². The molecule has 21 heavy (non-hydrogen) atoms. The number of hydrogen-bond donors (Lipinski definition) is 0. The highest BCUT2D eigenvalue weighted by Gasteiger charge is 2.20. The fraction of sp³-hybridized carbons (Fsp3) is 0.250. The molecule has 1 nitrogen and oxygen atoms in total. The molecule has 0 amide bonds. The van der Waals surface area contributed by atoms with Crippen LogP contribution < -0.4 is 4.74 Å². The Hall–Kier alpha value is -0.940. The maximum atomic E-state index is 14.1. The molecule has 0 saturated heterocycles. The fourth-order valence-electron chi connectivity index (χ4n) is 2.05. The van der Waals surface area contributed by atoms with Crippen LogP contribution in [0.15, 0.2) is 34.8 Å². The minimum absolute atomic E-state index is 0.382. The third-order valence-corrected chi connectivity index (χ3v) is 4.58. The molecule has 0 heterocycles. The van der Waals surface area contributed by atoms with E-state index in [1.54, 1.807) is 6.92 Å². The summed E-state index contributed by atoms with van der Waals surface area (Å²) in [4.78, 5) is -0.421. The van der Waals surface area contributed by atoms with Gasteiger partial charge in [-0.05, 0) is 43.7 Å². The lowest BCUT2D eigenvalue weighted by Crippen LogP contribution is -2.03. The molecular formula is C16H14Br2F2O. The van der Waals surface area contributed by atoms with Gasteiger partial charge in [-0.1, -0.05) is 31.9 Å². The summed E-state index contributed by atoms with van der Waals surface area (Å²) < 4.78 is 33.9. The van der Waals surface area contributed by atoms with E-state index in [0.29, 0.717) is 23.5 Å². The van der Waals surface area contributed by atoms with E-state index in [-0.39, 0.29) is 0 Å². The lowest BCUT2D eigenvalue weighted by Gasteiger charge is -2.17. The van der Waals surface area contributed by atoms with Crippen LogP contribution in [0.3, 0.4) is 0 Å². The summed E-state index contributed by atoms with van der Waals surface area (Å²) in [6.07, 6.45) is 0. The van der Waals surface area contributed by atoms with E-state index >= 15 is 0 Å². The Kier molecular flexibility index (Phi) is 5.38. The van der Waals surface area contributed by atoms with Crippen molar-refractivity contribution in [1.29, 1.82) is 0 Å². The Morgan fingerprint density at radius 1 is 1.10 bits per heavy atom. The Balaban J connectivity index is 2.51. The standard InChI is InChI=1S/C16H14Br2F2O/c1-3-21-15-5-4-10(17)7-12(15)16(18)11-6-9(2)13(19)8-14(11)20/h4-8,16H,3H2,1-2H3. The van der Waals surface area contributed by atoms with Crippen LogP contribution in [-0.4, -0.2) is 6.61 Å². The van der Waals surface area contributed by atoms with Gasteiger partial charge in [-0.25, -0.2) is 8.78 Å². The molecule has 0 aromatic heterocycles. The number of benzene rings is 2. The monoisotopic (exact) mass is 418 g/mol. The SMILES string of the molecule is CCOc1ccc(Br)cc1C(Br)c1cc(C)c(F)cc1F. The Labute approximate surface area is 139 Å². The second-order valence-corrected chi connectivity index (χ2v) is 6.43. The quantitative estimate of drug-likeness (QED) is 0.559. The van der Waals surface area contributed by atoms with E-state index < -0.39 is 16.5 Å². The number of alkyl halides is 1. The van der Waals surface area contributed by atoms with Gasteiger partial charge in [0, 0.05) is 21.7 Å². The van der Waals surface area contributed by atoms with Gasteiger partial charge in [0.05, 0.1) is 11.4 Å². The molecule has 2 aromatic rings. The van der Waals surface area contributed by atoms with Crippen LogP contribution in [0.5, 0.6) is 5.75 Å². The summed E-state index contributed by atoms with van der Waals surface area (Å²) in [6, 6.07) is 7.98. The molecule has 0 spiro atoms. The molecule has 0 saturated carbocycles. The zero-order valence-corrected chi connectivity index (χ0v) is 14.8. The summed E-state index contributed by atoms with van der Waals surface area (Å²) in [5.41, 5.74) is 1.58. The van der Waals surface area contributed by atoms with Crippen LogP contribution in [-0.2, 0) is 0 Å². The lowest BCUT2D eigenvalue weighted by atomic mass is 10.0. The number of aryl methyl sites for hydroxylation is 1. The van der Waals surface area contributed by atoms with Gasteiger partial charge >= 0.3 is 0 Å². The van der Waals surface area contributed by atoms with Gasteiger partial charge in [-0.2, -0.15) is 0 Å². The smallest absolute Gasteiger partial charge is 0.130 e. The van der Waals surface area contributed by atoms with Crippen LogP contribution in [0.1, 0.15) is 28.4 Å². The molecule has 0 aliphatic carbocycles. The summed E-state index contributed by atoms with van der Waals surface area (Å²) in [6.45, 7) is 4.01. The molecular weight excluding hydrogens is 406 g/mol. The van der Waals surface area contributed by atoms with Crippen molar-refractivity contribution in [3.8, 4) is 5.75 Å². The summed E-state index contributed by atoms with van der Waals surface area (Å²) in [5.74, 6) is -0.457. The Morgan fingerprint density at radius 3 is 2.48 bits per heavy atom. The Bertz CT molecular complexity index is 659. The second-order valence-electron chi connectivity index (χ2n) is 4.60. The van der Waals surface area contributed by atoms with Crippen molar-refractivity contribution in [3.63, 3.8) is 0 Å². The first-order chi connectivity index (χ1) is 9.93. The average Bonchev–Trinajstić information content (AvgIpc) is 2.44. The molecule has 2 aromatic carbocycles. The van der Waals surface area contributed by atoms with Crippen LogP contribution in [0.25, 0.3) is 0 Å². The first-order valence-corrected chi connectivity index (χ1v) is 8.16. The fourth-order valence-corrected chi connectivity index (χ4v) is 3.13. The molecule has 1 unspecified atom stereocenters. The van der Waals surface area contributed by atoms with Gasteiger partial charge in [0.2, 0.25) is 0 Å². The van der Waals surface area contributed by atoms with Crippen LogP contribution in [0.4, 0.5) is 8.78 Å². The zero-order chi connectivity index (χ0) is 15.6. The first-order valence-electron chi connectivity index (χ1n) is 6.46. The van der Waals surface area contributed by atoms with E-state index in [2.05, 4.69) is 31.9 Å². The largest absolute Gasteiger partial charge is 0.494 e. The minimum atomic E-state index is -0.581. The van der Waals surface area contributed by atoms with Gasteiger partial charge in [0.15, 0.2) is 0 Å². The van der Waals surface area contributed by atoms with Crippen LogP contribution >= 0.6 is 31.9 Å². The summed E-state index contributed by atoms with van der Waals surface area (Å²) in [5, 5.41) is 0. The van der Waals surface area contributed by atoms with Gasteiger partial charge in [0.25, 0.3) is 0 Å². The topological polar surface area (TPSA) is 9.23 Å². The van der Waals surface area contributed by atoms with Crippen molar-refractivity contribution < 1.29 is 13.5 Å². The molecule has 0 radical (unpaired) electrons. The molecule has 112 valence electrons. The average molecular weight is 420 g/mol. The third kappa shape index (κ3) is 3.64. The minimum Gasteiger partial charge on any atom is -0.494 e. The van der Waals surface area contributed by atoms with Crippen LogP contribution in [0, 0.1) is 18.6 Å². The highest BCUT2D eigenvalue weighted by Crippen LogP contribution is 2.39. The van der Waals surface area contributed by atoms with Gasteiger partial charge in [-0.3, -0.25) is 0 Å². The molecule has 0 aliphatic heterocycles. The highest BCUT2D eigenvalue weighted by atomic mass is 79.9. The summed E-state index contributed by atoms with van der Waals surface area (Å²) in [7, 11) is 0. The third-order valence-electron chi connectivity index (χ3n) is 3.10. The van der Waals surface area contributed by atoms with Crippen molar-refractivity contribution in [2.24, 2.45) is 0 Å². The van der Waals surface area contributed by atoms with Crippen molar-refractivity contribution in [2.75, 3.05) is 6.61 Å². The first kappa shape index (κ1) is 16.4. The van der Waals surface area contributed by atoms with Crippen molar-refractivity contribution >= 4 is 31.9 Å². The molecule has 0 fully saturated rings. The van der Waals surface area contributed by atoms with E-state index in [1.165, 1.54) is 6.07 Å². The molecule has 0 aliphatic rings. The van der Waals surface area contributed by atoms with E-state index in [4.69, 9.17) is 4.74 Å².